The van der Waals surface area contributed by atoms with Crippen LogP contribution in [-0.2, 0) is 4.74 Å². The summed E-state index contributed by atoms with van der Waals surface area (Å²) in [4.78, 5) is 0. The average molecular weight is 206 g/mol. The molecule has 0 aliphatic carbocycles. The van der Waals surface area contributed by atoms with Gasteiger partial charge in [0.05, 0.1) is 0 Å². The molecule has 0 rings (SSSR count). The molecule has 0 atom stereocenters. The lowest BCUT2D eigenvalue weighted by Crippen LogP contribution is -1.92. The second kappa shape index (κ2) is 18.6. The van der Waals surface area contributed by atoms with Crippen molar-refractivity contribution in [3.63, 3.8) is 0 Å². The fourth-order valence-electron chi connectivity index (χ4n) is 0.846. The summed E-state index contributed by atoms with van der Waals surface area (Å²) in [7, 11) is 0. The fraction of sp³-hybridized carbons (Fsp3) is 1.00. The Morgan fingerprint density at radius 2 is 1.50 bits per heavy atom. The standard InChI is InChI=1S/C8H18O.C3H8O2/c1-3-5-6-7-8-9-4-2;4-2-1-3-5/h3-8H2,1-2H3;4-5H,1-3H2. The third-order valence-electron chi connectivity index (χ3n) is 1.66. The average Bonchev–Trinajstić information content (AvgIpc) is 2.20. The van der Waals surface area contributed by atoms with Crippen LogP contribution < -0.4 is 0 Å². The first-order valence-electron chi connectivity index (χ1n) is 5.62. The smallest absolute Gasteiger partial charge is 0.0465 e. The number of hydrogen-bond acceptors (Lipinski definition) is 3. The number of unbranched alkanes of at least 4 members (excludes halogenated alkanes) is 3. The first-order chi connectivity index (χ1) is 6.83. The molecule has 0 spiro atoms. The Bertz CT molecular complexity index is 68.9. The maximum absolute atomic E-state index is 7.91. The maximum Gasteiger partial charge on any atom is 0.0465 e. The fourth-order valence-corrected chi connectivity index (χ4v) is 0.846. The van der Waals surface area contributed by atoms with Crippen LogP contribution >= 0.6 is 0 Å². The molecule has 0 bridgehead atoms. The highest BCUT2D eigenvalue weighted by molar-refractivity contribution is 4.37. The highest BCUT2D eigenvalue weighted by Gasteiger charge is 1.85. The van der Waals surface area contributed by atoms with Crippen LogP contribution in [0.1, 0.15) is 46.0 Å². The van der Waals surface area contributed by atoms with E-state index in [0.29, 0.717) is 6.42 Å². The summed E-state index contributed by atoms with van der Waals surface area (Å²) in [6.07, 6.45) is 5.73. The molecule has 0 aromatic heterocycles. The Hall–Kier alpha value is -0.120. The van der Waals surface area contributed by atoms with Crippen molar-refractivity contribution in [1.82, 2.24) is 0 Å². The third-order valence-corrected chi connectivity index (χ3v) is 1.66. The molecule has 0 saturated carbocycles. The van der Waals surface area contributed by atoms with E-state index < -0.39 is 0 Å². The van der Waals surface area contributed by atoms with Crippen molar-refractivity contribution in [2.24, 2.45) is 0 Å². The van der Waals surface area contributed by atoms with Crippen LogP contribution in [0, 0.1) is 0 Å². The van der Waals surface area contributed by atoms with Crippen LogP contribution in [0.3, 0.4) is 0 Å². The molecule has 0 aliphatic heterocycles. The van der Waals surface area contributed by atoms with E-state index in [1.165, 1.54) is 25.7 Å². The molecule has 0 amide bonds. The van der Waals surface area contributed by atoms with Gasteiger partial charge in [0.25, 0.3) is 0 Å². The SMILES string of the molecule is CCCCCCOCC.OCCCO. The van der Waals surface area contributed by atoms with Gasteiger partial charge < -0.3 is 14.9 Å². The summed E-state index contributed by atoms with van der Waals surface area (Å²) in [5, 5.41) is 15.8. The zero-order chi connectivity index (χ0) is 11.1. The zero-order valence-corrected chi connectivity index (χ0v) is 9.67. The Morgan fingerprint density at radius 3 is 1.86 bits per heavy atom. The van der Waals surface area contributed by atoms with Gasteiger partial charge in [0.2, 0.25) is 0 Å². The summed E-state index contributed by atoms with van der Waals surface area (Å²) in [5.41, 5.74) is 0. The molecule has 0 fully saturated rings. The minimum atomic E-state index is 0.0938. The van der Waals surface area contributed by atoms with Crippen LogP contribution in [0.4, 0.5) is 0 Å². The van der Waals surface area contributed by atoms with E-state index >= 15 is 0 Å². The van der Waals surface area contributed by atoms with E-state index in [9.17, 15) is 0 Å². The van der Waals surface area contributed by atoms with Gasteiger partial charge in [-0.1, -0.05) is 26.2 Å². The lowest BCUT2D eigenvalue weighted by Gasteiger charge is -1.98. The molecule has 3 heteroatoms. The van der Waals surface area contributed by atoms with Crippen molar-refractivity contribution in [1.29, 1.82) is 0 Å². The van der Waals surface area contributed by atoms with Gasteiger partial charge in [0.15, 0.2) is 0 Å². The molecule has 0 unspecified atom stereocenters. The van der Waals surface area contributed by atoms with E-state index in [4.69, 9.17) is 14.9 Å². The monoisotopic (exact) mass is 206 g/mol. The van der Waals surface area contributed by atoms with Gasteiger partial charge in [-0.15, -0.1) is 0 Å². The van der Waals surface area contributed by atoms with E-state index in [2.05, 4.69) is 6.92 Å². The highest BCUT2D eigenvalue weighted by atomic mass is 16.5. The van der Waals surface area contributed by atoms with Gasteiger partial charge >= 0.3 is 0 Å². The summed E-state index contributed by atoms with van der Waals surface area (Å²) >= 11 is 0. The summed E-state index contributed by atoms with van der Waals surface area (Å²) < 4.78 is 5.18. The van der Waals surface area contributed by atoms with E-state index in [-0.39, 0.29) is 13.2 Å². The second-order valence-electron chi connectivity index (χ2n) is 3.06. The van der Waals surface area contributed by atoms with E-state index in [1.54, 1.807) is 0 Å². The molecule has 0 saturated heterocycles. The molecule has 0 aromatic carbocycles. The van der Waals surface area contributed by atoms with Crippen molar-refractivity contribution < 1.29 is 14.9 Å². The molecule has 2 N–H and O–H groups in total. The minimum absolute atomic E-state index is 0.0938. The summed E-state index contributed by atoms with van der Waals surface area (Å²) in [5.74, 6) is 0. The van der Waals surface area contributed by atoms with Crippen LogP contribution in [0.15, 0.2) is 0 Å². The molecular weight excluding hydrogens is 180 g/mol. The number of ether oxygens (including phenoxy) is 1. The molecule has 88 valence electrons. The molecular formula is C11H26O3. The summed E-state index contributed by atoms with van der Waals surface area (Å²) in [6.45, 7) is 6.27. The highest BCUT2D eigenvalue weighted by Crippen LogP contribution is 1.98. The third kappa shape index (κ3) is 22.6. The molecule has 0 heterocycles. The maximum atomic E-state index is 7.91. The Kier molecular flexibility index (Phi) is 21.7. The topological polar surface area (TPSA) is 49.7 Å². The first-order valence-corrected chi connectivity index (χ1v) is 5.62. The molecule has 0 aromatic rings. The largest absolute Gasteiger partial charge is 0.396 e. The van der Waals surface area contributed by atoms with Gasteiger partial charge in [0.1, 0.15) is 0 Å². The predicted octanol–water partition coefficient (Wildman–Crippen LogP) is 1.96. The predicted molar refractivity (Wildman–Crippen MR) is 59.4 cm³/mol. The van der Waals surface area contributed by atoms with Gasteiger partial charge in [-0.25, -0.2) is 0 Å². The lowest BCUT2D eigenvalue weighted by atomic mass is 10.2. The van der Waals surface area contributed by atoms with Crippen molar-refractivity contribution in [3.05, 3.63) is 0 Å². The number of aliphatic hydroxyl groups is 2. The lowest BCUT2D eigenvalue weighted by molar-refractivity contribution is 0.143. The van der Waals surface area contributed by atoms with E-state index in [1.807, 2.05) is 6.92 Å². The van der Waals surface area contributed by atoms with Crippen molar-refractivity contribution in [3.8, 4) is 0 Å². The molecule has 0 radical (unpaired) electrons. The van der Waals surface area contributed by atoms with Crippen LogP contribution in [0.5, 0.6) is 0 Å². The molecule has 3 nitrogen and oxygen atoms in total. The van der Waals surface area contributed by atoms with Crippen LogP contribution in [0.2, 0.25) is 0 Å². The van der Waals surface area contributed by atoms with Gasteiger partial charge in [-0.05, 0) is 19.8 Å². The molecule has 14 heavy (non-hydrogen) atoms. The summed E-state index contributed by atoms with van der Waals surface area (Å²) in [6, 6.07) is 0. The minimum Gasteiger partial charge on any atom is -0.396 e. The number of rotatable bonds is 8. The van der Waals surface area contributed by atoms with Crippen molar-refractivity contribution in [2.45, 2.75) is 46.0 Å². The quantitative estimate of drug-likeness (QED) is 0.597. The Labute approximate surface area is 88.1 Å². The Morgan fingerprint density at radius 1 is 0.857 bits per heavy atom. The van der Waals surface area contributed by atoms with Gasteiger partial charge in [0, 0.05) is 26.4 Å². The number of hydrogen-bond donors (Lipinski definition) is 2. The van der Waals surface area contributed by atoms with Gasteiger partial charge in [-0.2, -0.15) is 0 Å². The first kappa shape index (κ1) is 16.3. The van der Waals surface area contributed by atoms with Gasteiger partial charge in [-0.3, -0.25) is 0 Å². The van der Waals surface area contributed by atoms with Crippen molar-refractivity contribution in [2.75, 3.05) is 26.4 Å². The number of aliphatic hydroxyl groups excluding tert-OH is 2. The Balaban J connectivity index is 0. The molecule has 0 aliphatic rings. The van der Waals surface area contributed by atoms with Crippen LogP contribution in [0.25, 0.3) is 0 Å². The van der Waals surface area contributed by atoms with Crippen LogP contribution in [-0.4, -0.2) is 36.6 Å². The second-order valence-corrected chi connectivity index (χ2v) is 3.06. The zero-order valence-electron chi connectivity index (χ0n) is 9.67. The van der Waals surface area contributed by atoms with Crippen molar-refractivity contribution >= 4 is 0 Å². The normalized spacial score (nSPS) is 9.43. The van der Waals surface area contributed by atoms with E-state index in [0.717, 1.165) is 13.2 Å².